The van der Waals surface area contributed by atoms with Gasteiger partial charge in [-0.25, -0.2) is 4.98 Å². The molecule has 5 heteroatoms. The lowest BCUT2D eigenvalue weighted by Gasteiger charge is -2.36. The van der Waals surface area contributed by atoms with E-state index in [9.17, 15) is 4.79 Å². The average Bonchev–Trinajstić information content (AvgIpc) is 2.57. The highest BCUT2D eigenvalue weighted by Gasteiger charge is 2.26. The maximum Gasteiger partial charge on any atom is 0.293 e. The standard InChI is InChI=1S/C19H30N4O/c1-14-6-4-7-15(2)17(14)12-21-16-8-5-10-23(13-16)18-19(24)22(3)11-9-20-18/h6,9,11,15-17,21H,4-5,7-8,10,12-13H2,1-3H3/t15-,16+,17+/m0/s1. The van der Waals surface area contributed by atoms with Crippen molar-refractivity contribution < 1.29 is 0 Å². The highest BCUT2D eigenvalue weighted by molar-refractivity contribution is 5.36. The molecule has 0 unspecified atom stereocenters. The molecule has 0 spiro atoms. The van der Waals surface area contributed by atoms with E-state index in [1.54, 1.807) is 24.0 Å². The number of allylic oxidation sites excluding steroid dienone is 1. The van der Waals surface area contributed by atoms with E-state index in [1.165, 1.54) is 24.8 Å². The Balaban J connectivity index is 1.62. The Labute approximate surface area is 144 Å². The fraction of sp³-hybridized carbons (Fsp3) is 0.684. The Morgan fingerprint density at radius 3 is 3.00 bits per heavy atom. The second-order valence-corrected chi connectivity index (χ2v) is 7.47. The minimum absolute atomic E-state index is 0.00201. The van der Waals surface area contributed by atoms with Crippen LogP contribution in [0.15, 0.2) is 28.8 Å². The summed E-state index contributed by atoms with van der Waals surface area (Å²) in [6.07, 6.45) is 10.6. The molecule has 132 valence electrons. The third-order valence-corrected chi connectivity index (χ3v) is 5.71. The van der Waals surface area contributed by atoms with Crippen LogP contribution in [-0.2, 0) is 7.05 Å². The van der Waals surface area contributed by atoms with Gasteiger partial charge in [0.15, 0.2) is 5.82 Å². The van der Waals surface area contributed by atoms with Gasteiger partial charge >= 0.3 is 0 Å². The largest absolute Gasteiger partial charge is 0.350 e. The summed E-state index contributed by atoms with van der Waals surface area (Å²) < 4.78 is 1.61. The zero-order valence-electron chi connectivity index (χ0n) is 15.2. The highest BCUT2D eigenvalue weighted by atomic mass is 16.1. The SMILES string of the molecule is CC1=CCC[C@H](C)[C@@H]1CN[C@@H]1CCCN(c2nccn(C)c2=O)C1. The van der Waals surface area contributed by atoms with Gasteiger partial charge in [0.25, 0.3) is 5.56 Å². The fourth-order valence-corrected chi connectivity index (χ4v) is 4.07. The van der Waals surface area contributed by atoms with Crippen molar-refractivity contribution in [3.05, 3.63) is 34.4 Å². The van der Waals surface area contributed by atoms with Crippen LogP contribution in [-0.4, -0.2) is 35.2 Å². The Kier molecular flexibility index (Phi) is 5.39. The number of hydrogen-bond donors (Lipinski definition) is 1. The molecule has 5 nitrogen and oxygen atoms in total. The van der Waals surface area contributed by atoms with Gasteiger partial charge in [0.1, 0.15) is 0 Å². The molecule has 2 aliphatic rings. The van der Waals surface area contributed by atoms with Gasteiger partial charge in [-0.05, 0) is 44.4 Å². The number of hydrogen-bond acceptors (Lipinski definition) is 4. The Morgan fingerprint density at radius 1 is 1.38 bits per heavy atom. The molecule has 1 aromatic rings. The maximum absolute atomic E-state index is 12.3. The minimum atomic E-state index is -0.00201. The summed E-state index contributed by atoms with van der Waals surface area (Å²) in [6.45, 7) is 7.47. The second-order valence-electron chi connectivity index (χ2n) is 7.47. The molecule has 24 heavy (non-hydrogen) atoms. The molecule has 0 radical (unpaired) electrons. The van der Waals surface area contributed by atoms with Crippen LogP contribution in [0, 0.1) is 11.8 Å². The molecule has 0 amide bonds. The van der Waals surface area contributed by atoms with Crippen molar-refractivity contribution in [1.29, 1.82) is 0 Å². The Bertz CT molecular complexity index is 651. The summed E-state index contributed by atoms with van der Waals surface area (Å²) in [4.78, 5) is 18.8. The molecule has 0 bridgehead atoms. The van der Waals surface area contributed by atoms with Crippen LogP contribution in [0.1, 0.15) is 39.5 Å². The smallest absolute Gasteiger partial charge is 0.293 e. The van der Waals surface area contributed by atoms with Crippen molar-refractivity contribution in [2.75, 3.05) is 24.5 Å². The number of aromatic nitrogens is 2. The van der Waals surface area contributed by atoms with Gasteiger partial charge in [-0.2, -0.15) is 0 Å². The molecule has 3 atom stereocenters. The summed E-state index contributed by atoms with van der Waals surface area (Å²) in [7, 11) is 1.78. The first kappa shape index (κ1) is 17.2. The van der Waals surface area contributed by atoms with E-state index in [0.29, 0.717) is 17.8 Å². The topological polar surface area (TPSA) is 50.2 Å². The molecule has 3 rings (SSSR count). The van der Waals surface area contributed by atoms with E-state index < -0.39 is 0 Å². The first-order chi connectivity index (χ1) is 11.6. The lowest BCUT2D eigenvalue weighted by molar-refractivity contribution is 0.320. The van der Waals surface area contributed by atoms with Crippen molar-refractivity contribution in [3.63, 3.8) is 0 Å². The van der Waals surface area contributed by atoms with Crippen LogP contribution in [0.2, 0.25) is 0 Å². The van der Waals surface area contributed by atoms with E-state index >= 15 is 0 Å². The summed E-state index contributed by atoms with van der Waals surface area (Å²) in [5, 5.41) is 3.77. The fourth-order valence-electron chi connectivity index (χ4n) is 4.07. The summed E-state index contributed by atoms with van der Waals surface area (Å²) >= 11 is 0. The minimum Gasteiger partial charge on any atom is -0.350 e. The molecular weight excluding hydrogens is 300 g/mol. The third-order valence-electron chi connectivity index (χ3n) is 5.71. The molecule has 1 N–H and O–H groups in total. The molecule has 0 aromatic carbocycles. The van der Waals surface area contributed by atoms with E-state index in [2.05, 4.69) is 35.1 Å². The number of piperidine rings is 1. The van der Waals surface area contributed by atoms with Gasteiger partial charge in [-0.15, -0.1) is 0 Å². The number of anilines is 1. The van der Waals surface area contributed by atoms with Gasteiger partial charge in [0.05, 0.1) is 0 Å². The number of nitrogens with one attached hydrogen (secondary N) is 1. The molecule has 1 aliphatic carbocycles. The van der Waals surface area contributed by atoms with Crippen LogP contribution >= 0.6 is 0 Å². The third kappa shape index (κ3) is 3.72. The number of aryl methyl sites for hydroxylation is 1. The summed E-state index contributed by atoms with van der Waals surface area (Å²) in [5.41, 5.74) is 1.53. The molecule has 0 saturated carbocycles. The quantitative estimate of drug-likeness (QED) is 0.861. The van der Waals surface area contributed by atoms with Crippen LogP contribution in [0.25, 0.3) is 0 Å². The maximum atomic E-state index is 12.3. The average molecular weight is 330 g/mol. The van der Waals surface area contributed by atoms with Crippen LogP contribution < -0.4 is 15.8 Å². The predicted molar refractivity (Wildman–Crippen MR) is 98.4 cm³/mol. The zero-order valence-corrected chi connectivity index (χ0v) is 15.2. The van der Waals surface area contributed by atoms with Gasteiger partial charge < -0.3 is 14.8 Å². The molecular formula is C19H30N4O. The molecule has 2 heterocycles. The first-order valence-corrected chi connectivity index (χ1v) is 9.23. The summed E-state index contributed by atoms with van der Waals surface area (Å²) in [6, 6.07) is 0.437. The van der Waals surface area contributed by atoms with Gasteiger partial charge in [0, 0.05) is 45.1 Å². The molecule has 1 aliphatic heterocycles. The van der Waals surface area contributed by atoms with Gasteiger partial charge in [-0.1, -0.05) is 18.6 Å². The van der Waals surface area contributed by atoms with E-state index in [0.717, 1.165) is 32.0 Å². The highest BCUT2D eigenvalue weighted by Crippen LogP contribution is 2.29. The number of rotatable bonds is 4. The van der Waals surface area contributed by atoms with Gasteiger partial charge in [0.2, 0.25) is 0 Å². The van der Waals surface area contributed by atoms with Crippen LogP contribution in [0.5, 0.6) is 0 Å². The second kappa shape index (κ2) is 7.51. The van der Waals surface area contributed by atoms with Crippen molar-refractivity contribution in [3.8, 4) is 0 Å². The lowest BCUT2D eigenvalue weighted by atomic mass is 9.80. The normalized spacial score (nSPS) is 27.9. The zero-order chi connectivity index (χ0) is 17.1. The lowest BCUT2D eigenvalue weighted by Crippen LogP contribution is -2.49. The Morgan fingerprint density at radius 2 is 2.21 bits per heavy atom. The van der Waals surface area contributed by atoms with E-state index in [-0.39, 0.29) is 5.56 Å². The Hall–Kier alpha value is -1.62. The van der Waals surface area contributed by atoms with Crippen molar-refractivity contribution in [2.45, 2.75) is 45.6 Å². The number of nitrogens with zero attached hydrogens (tertiary/aromatic N) is 3. The predicted octanol–water partition coefficient (Wildman–Crippen LogP) is 2.33. The summed E-state index contributed by atoms with van der Waals surface area (Å²) in [5.74, 6) is 2.00. The van der Waals surface area contributed by atoms with Crippen LogP contribution in [0.3, 0.4) is 0 Å². The van der Waals surface area contributed by atoms with Crippen molar-refractivity contribution in [1.82, 2.24) is 14.9 Å². The van der Waals surface area contributed by atoms with E-state index in [1.807, 2.05) is 0 Å². The van der Waals surface area contributed by atoms with Crippen molar-refractivity contribution >= 4 is 5.82 Å². The molecule has 1 aromatic heterocycles. The first-order valence-electron chi connectivity index (χ1n) is 9.23. The van der Waals surface area contributed by atoms with Gasteiger partial charge in [-0.3, -0.25) is 4.79 Å². The monoisotopic (exact) mass is 330 g/mol. The van der Waals surface area contributed by atoms with E-state index in [4.69, 9.17) is 0 Å². The van der Waals surface area contributed by atoms with Crippen LogP contribution in [0.4, 0.5) is 5.82 Å². The van der Waals surface area contributed by atoms with Crippen molar-refractivity contribution in [2.24, 2.45) is 18.9 Å². The molecule has 1 saturated heterocycles. The molecule has 1 fully saturated rings.